The fraction of sp³-hybridized carbons (Fsp3) is 0.111. The first kappa shape index (κ1) is 17.8. The molecule has 2 aromatic carbocycles. The normalized spacial score (nSPS) is 12.3. The quantitative estimate of drug-likeness (QED) is 0.545. The summed E-state index contributed by atoms with van der Waals surface area (Å²) in [6.45, 7) is -0.495. The van der Waals surface area contributed by atoms with Gasteiger partial charge < -0.3 is 14.8 Å². The average molecular weight is 393 g/mol. The van der Waals surface area contributed by atoms with Gasteiger partial charge in [0, 0.05) is 23.9 Å². The minimum atomic E-state index is -1.50. The largest absolute Gasteiger partial charge is 0.454 e. The molecule has 1 aromatic heterocycles. The van der Waals surface area contributed by atoms with E-state index in [1.54, 1.807) is 6.07 Å². The van der Waals surface area contributed by atoms with Crippen LogP contribution in [0.5, 0.6) is 11.5 Å². The van der Waals surface area contributed by atoms with Gasteiger partial charge in [-0.3, -0.25) is 9.48 Å². The van der Waals surface area contributed by atoms with E-state index in [4.69, 9.17) is 9.47 Å². The number of nitrogens with zero attached hydrogens (tertiary/aromatic N) is 2. The predicted molar refractivity (Wildman–Crippen MR) is 88.1 cm³/mol. The minimum absolute atomic E-state index is 0.0681. The number of carbonyl (C=O) groups excluding carboxylic acids is 1. The predicted octanol–water partition coefficient (Wildman–Crippen LogP) is 3.47. The number of aromatic nitrogens is 2. The highest BCUT2D eigenvalue weighted by Crippen LogP contribution is 2.32. The van der Waals surface area contributed by atoms with Crippen molar-refractivity contribution in [2.45, 2.75) is 6.54 Å². The second-order valence-corrected chi connectivity index (χ2v) is 5.87. The Bertz CT molecular complexity index is 1060. The zero-order chi connectivity index (χ0) is 19.8. The molecular formula is C18H11F4N3O3. The fourth-order valence-electron chi connectivity index (χ4n) is 2.67. The molecular weight excluding hydrogens is 382 g/mol. The maximum atomic E-state index is 13.8. The first-order valence-electron chi connectivity index (χ1n) is 7.98. The Kier molecular flexibility index (Phi) is 4.38. The van der Waals surface area contributed by atoms with Gasteiger partial charge in [-0.2, -0.15) is 5.10 Å². The van der Waals surface area contributed by atoms with Crippen LogP contribution in [0, 0.1) is 23.3 Å². The Balaban J connectivity index is 1.50. The summed E-state index contributed by atoms with van der Waals surface area (Å²) in [7, 11) is 0. The second kappa shape index (κ2) is 6.87. The van der Waals surface area contributed by atoms with E-state index in [-0.39, 0.29) is 24.2 Å². The number of halogens is 4. The maximum Gasteiger partial charge on any atom is 0.257 e. The lowest BCUT2D eigenvalue weighted by atomic mass is 10.2. The zero-order valence-electron chi connectivity index (χ0n) is 14.0. The summed E-state index contributed by atoms with van der Waals surface area (Å²) in [5.74, 6) is -5.47. The highest BCUT2D eigenvalue weighted by molar-refractivity contribution is 6.04. The van der Waals surface area contributed by atoms with Crippen LogP contribution in [0.25, 0.3) is 0 Å². The molecule has 144 valence electrons. The fourth-order valence-corrected chi connectivity index (χ4v) is 2.67. The molecule has 0 atom stereocenters. The van der Waals surface area contributed by atoms with Crippen LogP contribution in [0.2, 0.25) is 0 Å². The monoisotopic (exact) mass is 393 g/mol. The summed E-state index contributed by atoms with van der Waals surface area (Å²) >= 11 is 0. The number of fused-ring (bicyclic) bond motifs is 1. The van der Waals surface area contributed by atoms with Crippen LogP contribution in [0.1, 0.15) is 15.9 Å². The first-order chi connectivity index (χ1) is 13.4. The summed E-state index contributed by atoms with van der Waals surface area (Å²) in [6.07, 6.45) is 1.30. The molecule has 1 N–H and O–H groups in total. The van der Waals surface area contributed by atoms with E-state index in [0.717, 1.165) is 4.68 Å². The van der Waals surface area contributed by atoms with Crippen molar-refractivity contribution in [1.82, 2.24) is 9.78 Å². The molecule has 0 bridgehead atoms. The van der Waals surface area contributed by atoms with Crippen LogP contribution in [0.4, 0.5) is 23.4 Å². The van der Waals surface area contributed by atoms with Gasteiger partial charge in [-0.25, -0.2) is 17.6 Å². The van der Waals surface area contributed by atoms with E-state index in [2.05, 4.69) is 10.4 Å². The van der Waals surface area contributed by atoms with Gasteiger partial charge in [0.25, 0.3) is 5.91 Å². The topological polar surface area (TPSA) is 65.4 Å². The lowest BCUT2D eigenvalue weighted by Crippen LogP contribution is -2.13. The Morgan fingerprint density at radius 2 is 1.75 bits per heavy atom. The molecule has 6 nitrogen and oxygen atoms in total. The van der Waals surface area contributed by atoms with Crippen LogP contribution in [0.3, 0.4) is 0 Å². The molecule has 10 heteroatoms. The van der Waals surface area contributed by atoms with Gasteiger partial charge >= 0.3 is 0 Å². The molecule has 0 spiro atoms. The number of nitrogens with one attached hydrogen (secondary N) is 1. The van der Waals surface area contributed by atoms with Gasteiger partial charge in [-0.1, -0.05) is 0 Å². The number of carbonyl (C=O) groups is 1. The molecule has 0 unspecified atom stereocenters. The average Bonchev–Trinajstić information content (AvgIpc) is 3.32. The summed E-state index contributed by atoms with van der Waals surface area (Å²) in [6, 6.07) is 6.11. The van der Waals surface area contributed by atoms with Crippen molar-refractivity contribution in [2.75, 3.05) is 12.1 Å². The number of hydrogen-bond donors (Lipinski definition) is 1. The highest BCUT2D eigenvalue weighted by Gasteiger charge is 2.20. The molecule has 4 rings (SSSR count). The van der Waals surface area contributed by atoms with Crippen molar-refractivity contribution < 1.29 is 31.8 Å². The van der Waals surface area contributed by atoms with E-state index in [1.807, 2.05) is 0 Å². The summed E-state index contributed by atoms with van der Waals surface area (Å²) in [4.78, 5) is 12.3. The van der Waals surface area contributed by atoms with Gasteiger partial charge in [0.05, 0.1) is 12.1 Å². The molecule has 0 saturated carbocycles. The number of benzene rings is 2. The molecule has 1 aliphatic heterocycles. The van der Waals surface area contributed by atoms with Gasteiger partial charge in [0.15, 0.2) is 40.6 Å². The van der Waals surface area contributed by atoms with E-state index >= 15 is 0 Å². The smallest absolute Gasteiger partial charge is 0.257 e. The van der Waals surface area contributed by atoms with Crippen LogP contribution in [-0.2, 0) is 6.54 Å². The SMILES string of the molecule is O=C(Nc1ccn(Cc2c(F)c(F)cc(F)c2F)n1)c1ccc2c(c1)OCO2. The van der Waals surface area contributed by atoms with Crippen molar-refractivity contribution in [1.29, 1.82) is 0 Å². The van der Waals surface area contributed by atoms with Gasteiger partial charge in [0.2, 0.25) is 6.79 Å². The lowest BCUT2D eigenvalue weighted by Gasteiger charge is -2.07. The second-order valence-electron chi connectivity index (χ2n) is 5.87. The first-order valence-corrected chi connectivity index (χ1v) is 7.98. The van der Waals surface area contributed by atoms with Gasteiger partial charge in [-0.05, 0) is 18.2 Å². The molecule has 28 heavy (non-hydrogen) atoms. The zero-order valence-corrected chi connectivity index (χ0v) is 14.0. The number of hydrogen-bond acceptors (Lipinski definition) is 4. The third kappa shape index (κ3) is 3.24. The maximum absolute atomic E-state index is 13.8. The highest BCUT2D eigenvalue weighted by atomic mass is 19.2. The summed E-state index contributed by atoms with van der Waals surface area (Å²) < 4.78 is 65.5. The number of ether oxygens (including phenoxy) is 2. The third-order valence-corrected chi connectivity index (χ3v) is 4.04. The third-order valence-electron chi connectivity index (χ3n) is 4.04. The molecule has 3 aromatic rings. The summed E-state index contributed by atoms with van der Waals surface area (Å²) in [5.41, 5.74) is -0.530. The Morgan fingerprint density at radius 1 is 1.04 bits per heavy atom. The molecule has 0 radical (unpaired) electrons. The Hall–Kier alpha value is -3.56. The van der Waals surface area contributed by atoms with E-state index in [1.165, 1.54) is 24.4 Å². The van der Waals surface area contributed by atoms with E-state index in [0.29, 0.717) is 11.5 Å². The molecule has 1 aliphatic rings. The van der Waals surface area contributed by atoms with Crippen LogP contribution in [-0.4, -0.2) is 22.5 Å². The van der Waals surface area contributed by atoms with Crippen molar-refractivity contribution in [3.63, 3.8) is 0 Å². The van der Waals surface area contributed by atoms with Gasteiger partial charge in [-0.15, -0.1) is 0 Å². The Morgan fingerprint density at radius 3 is 2.50 bits per heavy atom. The molecule has 1 amide bonds. The lowest BCUT2D eigenvalue weighted by molar-refractivity contribution is 0.102. The van der Waals surface area contributed by atoms with Crippen molar-refractivity contribution in [3.8, 4) is 11.5 Å². The summed E-state index contributed by atoms with van der Waals surface area (Å²) in [5, 5.41) is 6.44. The molecule has 2 heterocycles. The van der Waals surface area contributed by atoms with Crippen molar-refractivity contribution >= 4 is 11.7 Å². The van der Waals surface area contributed by atoms with E-state index < -0.39 is 41.3 Å². The van der Waals surface area contributed by atoms with E-state index in [9.17, 15) is 22.4 Å². The Labute approximate surface area is 155 Å². The minimum Gasteiger partial charge on any atom is -0.454 e. The van der Waals surface area contributed by atoms with Crippen LogP contribution in [0.15, 0.2) is 36.5 Å². The van der Waals surface area contributed by atoms with Crippen molar-refractivity contribution in [3.05, 3.63) is 70.9 Å². The molecule has 0 fully saturated rings. The number of anilines is 1. The standard InChI is InChI=1S/C18H11F4N3O3/c19-11-6-12(20)17(22)10(16(11)21)7-25-4-3-15(24-25)23-18(26)9-1-2-13-14(5-9)28-8-27-13/h1-6H,7-8H2,(H,23,24,26). The molecule has 0 saturated heterocycles. The number of amides is 1. The van der Waals surface area contributed by atoms with Crippen LogP contribution >= 0.6 is 0 Å². The van der Waals surface area contributed by atoms with Gasteiger partial charge in [0.1, 0.15) is 0 Å². The molecule has 0 aliphatic carbocycles. The van der Waals surface area contributed by atoms with Crippen LogP contribution < -0.4 is 14.8 Å². The number of rotatable bonds is 4. The van der Waals surface area contributed by atoms with Crippen molar-refractivity contribution in [2.24, 2.45) is 0 Å².